The van der Waals surface area contributed by atoms with Crippen molar-refractivity contribution in [1.29, 1.82) is 0 Å². The largest absolute Gasteiger partial charge is 0.310 e. The van der Waals surface area contributed by atoms with E-state index in [0.29, 0.717) is 17.5 Å². The van der Waals surface area contributed by atoms with Crippen LogP contribution in [0.3, 0.4) is 0 Å². The molecular weight excluding hydrogens is 1480 g/mol. The highest BCUT2D eigenvalue weighted by Crippen LogP contribution is 2.56. The van der Waals surface area contributed by atoms with E-state index in [9.17, 15) is 0 Å². The minimum atomic E-state index is -0.234. The predicted molar refractivity (Wildman–Crippen MR) is 510 cm³/mol. The second-order valence-corrected chi connectivity index (χ2v) is 34.2. The van der Waals surface area contributed by atoms with Crippen molar-refractivity contribution in [2.45, 2.75) is 57.8 Å². The first-order valence-corrected chi connectivity index (χ1v) is 42.3. The summed E-state index contributed by atoms with van der Waals surface area (Å²) in [7, 11) is 0. The van der Waals surface area contributed by atoms with Crippen molar-refractivity contribution in [3.05, 3.63) is 434 Å². The first kappa shape index (κ1) is 72.0. The zero-order valence-corrected chi connectivity index (χ0v) is 68.7. The molecule has 25 rings (SSSR count). The van der Waals surface area contributed by atoms with Gasteiger partial charge in [0.15, 0.2) is 17.5 Å². The molecule has 0 saturated heterocycles. The van der Waals surface area contributed by atoms with Crippen LogP contribution in [0.15, 0.2) is 400 Å². The minimum absolute atomic E-state index is 0.163. The van der Waals surface area contributed by atoms with Crippen molar-refractivity contribution in [3.8, 4) is 51.2 Å². The lowest BCUT2D eigenvalue weighted by Crippen LogP contribution is -2.26. The van der Waals surface area contributed by atoms with Crippen LogP contribution in [0.25, 0.3) is 149 Å². The predicted octanol–water partition coefficient (Wildman–Crippen LogP) is 29.9. The van der Waals surface area contributed by atoms with Gasteiger partial charge in [-0.25, -0.2) is 15.0 Å². The van der Waals surface area contributed by atoms with E-state index in [2.05, 4.69) is 405 Å². The van der Waals surface area contributed by atoms with Crippen LogP contribution in [0.5, 0.6) is 0 Å². The number of benzene rings is 18. The lowest BCUT2D eigenvalue weighted by Gasteiger charge is -2.36. The van der Waals surface area contributed by atoms with Gasteiger partial charge in [-0.2, -0.15) is 0 Å². The topological polar surface area (TPSA) is 59.9 Å². The van der Waals surface area contributed by atoms with E-state index in [4.69, 9.17) is 15.0 Å². The molecular formula is C114H84N8. The van der Waals surface area contributed by atoms with Crippen molar-refractivity contribution in [2.24, 2.45) is 0 Å². The molecule has 0 spiro atoms. The van der Waals surface area contributed by atoms with E-state index in [1.54, 1.807) is 0 Å². The second kappa shape index (κ2) is 28.0. The molecule has 0 atom stereocenters. The molecule has 8 nitrogen and oxygen atoms in total. The van der Waals surface area contributed by atoms with Crippen LogP contribution >= 0.6 is 0 Å². The Morgan fingerprint density at radius 2 is 0.508 bits per heavy atom. The van der Waals surface area contributed by atoms with Crippen LogP contribution in [0.1, 0.15) is 74.9 Å². The number of anilines is 6. The summed E-state index contributed by atoms with van der Waals surface area (Å²) in [4.78, 5) is 19.7. The molecule has 0 bridgehead atoms. The molecule has 7 heterocycles. The molecule has 0 fully saturated rings. The molecule has 0 aliphatic carbocycles. The van der Waals surface area contributed by atoms with Gasteiger partial charge < -0.3 is 23.5 Å². The Balaban J connectivity index is 0.000000107. The highest BCUT2D eigenvalue weighted by molar-refractivity contribution is 6.26. The number of aromatic nitrogens is 6. The standard InChI is InChI=1S/C40H28N4.2C37H28N2/c1-40(2)31-19-11-18-30-35-29-17-10-9-12-25(29)20-23-34(35)44(36(30)31)33-22-21-28(24-32(33)40)39-42-37(26-13-5-3-6-14-26)41-38(43-39)27-15-7-4-8-16-27;2*1-37(2)31-19-11-12-20-33(31)39-34-22-21-25-13-9-10-18-29(25)35(34)30-23-28(24-32(37)36(30)39)38(26-14-5-3-6-15-26)27-16-7-4-8-17-27/h3-24H,1-2H3;2*3-24H,1-2H3. The van der Waals surface area contributed by atoms with Crippen molar-refractivity contribution in [2.75, 3.05) is 9.80 Å². The zero-order valence-electron chi connectivity index (χ0n) is 68.7. The fraction of sp³-hybridized carbons (Fsp3) is 0.0789. The molecule has 3 aliphatic heterocycles. The average molecular weight is 1570 g/mol. The van der Waals surface area contributed by atoms with E-state index in [0.717, 1.165) is 39.4 Å². The maximum atomic E-state index is 5.02. The maximum Gasteiger partial charge on any atom is 0.164 e. The highest BCUT2D eigenvalue weighted by Gasteiger charge is 2.40. The van der Waals surface area contributed by atoms with E-state index >= 15 is 0 Å². The summed E-state index contributed by atoms with van der Waals surface area (Å²) in [5, 5.41) is 15.5. The molecule has 8 heteroatoms. The van der Waals surface area contributed by atoms with Crippen molar-refractivity contribution in [1.82, 2.24) is 28.7 Å². The Morgan fingerprint density at radius 3 is 0.910 bits per heavy atom. The van der Waals surface area contributed by atoms with Gasteiger partial charge in [0.2, 0.25) is 0 Å². The molecule has 122 heavy (non-hydrogen) atoms. The monoisotopic (exact) mass is 1560 g/mol. The Morgan fingerprint density at radius 1 is 0.205 bits per heavy atom. The third-order valence-electron chi connectivity index (χ3n) is 26.2. The molecule has 580 valence electrons. The molecule has 0 unspecified atom stereocenters. The van der Waals surface area contributed by atoms with E-state index in [1.165, 1.54) is 160 Å². The molecule has 4 aromatic heterocycles. The maximum absolute atomic E-state index is 5.02. The quantitative estimate of drug-likeness (QED) is 0.144. The Hall–Kier alpha value is -15.3. The van der Waals surface area contributed by atoms with Crippen LogP contribution in [-0.2, 0) is 16.2 Å². The molecule has 22 aromatic rings. The summed E-state index contributed by atoms with van der Waals surface area (Å²) in [6.45, 7) is 14.2. The van der Waals surface area contributed by atoms with Gasteiger partial charge in [0.05, 0.1) is 50.2 Å². The Labute approximate surface area is 708 Å². The third-order valence-corrected chi connectivity index (χ3v) is 26.2. The lowest BCUT2D eigenvalue weighted by molar-refractivity contribution is 0.630. The third kappa shape index (κ3) is 11.2. The van der Waals surface area contributed by atoms with E-state index < -0.39 is 0 Å². The number of para-hydroxylation sites is 7. The summed E-state index contributed by atoms with van der Waals surface area (Å²) in [5.41, 5.74) is 28.7. The number of nitrogens with zero attached hydrogens (tertiary/aromatic N) is 8. The van der Waals surface area contributed by atoms with Gasteiger partial charge in [-0.05, 0) is 187 Å². The summed E-state index contributed by atoms with van der Waals surface area (Å²) >= 11 is 0. The number of hydrogen-bond donors (Lipinski definition) is 0. The number of hydrogen-bond acceptors (Lipinski definition) is 5. The van der Waals surface area contributed by atoms with Crippen LogP contribution in [0.4, 0.5) is 34.1 Å². The first-order valence-electron chi connectivity index (χ1n) is 42.3. The smallest absolute Gasteiger partial charge is 0.164 e. The van der Waals surface area contributed by atoms with Gasteiger partial charge in [0.1, 0.15) is 0 Å². The molecule has 18 aromatic carbocycles. The normalized spacial score (nSPS) is 13.5. The Bertz CT molecular complexity index is 7520. The van der Waals surface area contributed by atoms with Crippen LogP contribution in [-0.4, -0.2) is 28.7 Å². The molecule has 0 saturated carbocycles. The summed E-state index contributed by atoms with van der Waals surface area (Å²) < 4.78 is 7.48. The highest BCUT2D eigenvalue weighted by atomic mass is 15.2. The van der Waals surface area contributed by atoms with Crippen LogP contribution < -0.4 is 9.80 Å². The van der Waals surface area contributed by atoms with Gasteiger partial charge in [-0.15, -0.1) is 0 Å². The summed E-state index contributed by atoms with van der Waals surface area (Å²) in [6.07, 6.45) is 0. The second-order valence-electron chi connectivity index (χ2n) is 34.2. The fourth-order valence-corrected chi connectivity index (χ4v) is 20.4. The van der Waals surface area contributed by atoms with Crippen molar-refractivity contribution in [3.63, 3.8) is 0 Å². The number of fused-ring (bicyclic) bond motifs is 21. The van der Waals surface area contributed by atoms with Gasteiger partial charge in [-0.3, -0.25) is 0 Å². The molecule has 3 aliphatic rings. The molecule has 0 radical (unpaired) electrons. The lowest BCUT2D eigenvalue weighted by atomic mass is 9.74. The van der Waals surface area contributed by atoms with E-state index in [1.807, 2.05) is 60.7 Å². The van der Waals surface area contributed by atoms with Gasteiger partial charge in [0, 0.05) is 99.4 Å². The fourth-order valence-electron chi connectivity index (χ4n) is 20.4. The van der Waals surface area contributed by atoms with Gasteiger partial charge in [-0.1, -0.05) is 321 Å². The van der Waals surface area contributed by atoms with Crippen molar-refractivity contribution >= 4 is 132 Å². The van der Waals surface area contributed by atoms with E-state index in [-0.39, 0.29) is 16.2 Å². The van der Waals surface area contributed by atoms with Crippen molar-refractivity contribution < 1.29 is 0 Å². The average Bonchev–Trinajstić information content (AvgIpc) is 1.54. The number of rotatable bonds is 9. The van der Waals surface area contributed by atoms with Gasteiger partial charge >= 0.3 is 0 Å². The first-order chi connectivity index (χ1) is 59.8. The van der Waals surface area contributed by atoms with Gasteiger partial charge in [0.25, 0.3) is 0 Å². The summed E-state index contributed by atoms with van der Waals surface area (Å²) in [6, 6.07) is 144. The minimum Gasteiger partial charge on any atom is -0.310 e. The molecule has 0 amide bonds. The Kier molecular flexibility index (Phi) is 16.5. The van der Waals surface area contributed by atoms with Crippen LogP contribution in [0.2, 0.25) is 0 Å². The van der Waals surface area contributed by atoms with Crippen LogP contribution in [0, 0.1) is 0 Å². The molecule has 0 N–H and O–H groups in total. The zero-order chi connectivity index (χ0) is 81.7. The SMILES string of the molecule is CC1(C)c2cc(-c3nc(-c4ccccc4)nc(-c4ccccc4)n3)ccc2-n2c3ccc4ccccc4c3c3cccc1c32.CC1(C)c2ccccc2-n2c3ccc4ccccc4c3c3cc(N(c4ccccc4)c4ccccc4)cc1c32.CC1(C)c2ccccc2-n2c3ccc4ccccc4c3c3cc(N(c4ccccc4)c4ccccc4)cc1c32. The summed E-state index contributed by atoms with van der Waals surface area (Å²) in [5.74, 6) is 2.01.